The highest BCUT2D eigenvalue weighted by atomic mass is 16.3. The first kappa shape index (κ1) is 13.3. The maximum atomic E-state index is 11.0. The Balaban J connectivity index is 2.38. The fourth-order valence-corrected chi connectivity index (χ4v) is 1.86. The second-order valence-corrected chi connectivity index (χ2v) is 5.56. The number of rotatable bonds is 1. The van der Waals surface area contributed by atoms with Crippen LogP contribution in [-0.2, 0) is 10.2 Å². The third-order valence-corrected chi connectivity index (χ3v) is 2.88. The summed E-state index contributed by atoms with van der Waals surface area (Å²) in [4.78, 5) is 15.5. The van der Waals surface area contributed by atoms with Gasteiger partial charge in [-0.25, -0.2) is 4.99 Å². The van der Waals surface area contributed by atoms with Crippen molar-refractivity contribution in [3.63, 3.8) is 0 Å². The Morgan fingerprint density at radius 2 is 1.68 bits per heavy atom. The van der Waals surface area contributed by atoms with E-state index in [1.165, 1.54) is 12.2 Å². The van der Waals surface area contributed by atoms with Gasteiger partial charge in [0.15, 0.2) is 5.78 Å². The predicted molar refractivity (Wildman–Crippen MR) is 77.2 cm³/mol. The summed E-state index contributed by atoms with van der Waals surface area (Å²) < 4.78 is 0. The summed E-state index contributed by atoms with van der Waals surface area (Å²) >= 11 is 0. The Labute approximate surface area is 113 Å². The maximum Gasteiger partial charge on any atom is 0.178 e. The minimum absolute atomic E-state index is 0.0277. The number of ketones is 1. The van der Waals surface area contributed by atoms with E-state index in [4.69, 9.17) is 0 Å². The topological polar surface area (TPSA) is 49.7 Å². The van der Waals surface area contributed by atoms with Gasteiger partial charge in [-0.1, -0.05) is 20.8 Å². The van der Waals surface area contributed by atoms with Crippen LogP contribution in [0.4, 0.5) is 5.69 Å². The Hall–Kier alpha value is -2.16. The van der Waals surface area contributed by atoms with Gasteiger partial charge < -0.3 is 5.11 Å². The van der Waals surface area contributed by atoms with Crippen molar-refractivity contribution in [1.29, 1.82) is 0 Å². The fourth-order valence-electron chi connectivity index (χ4n) is 1.86. The smallest absolute Gasteiger partial charge is 0.178 e. The number of hydrogen-bond acceptors (Lipinski definition) is 3. The molecule has 1 aromatic rings. The standard InChI is InChI=1S/C16H17NO2/c1-16(2,3)14-10-12(6-9-15(14)19)17-11-4-7-13(18)8-5-11/h4-10,19H,1-3H3. The van der Waals surface area contributed by atoms with Gasteiger partial charge in [0, 0.05) is 5.56 Å². The largest absolute Gasteiger partial charge is 0.508 e. The number of phenolic OH excluding ortho intramolecular Hbond substituents is 1. The summed E-state index contributed by atoms with van der Waals surface area (Å²) in [5.41, 5.74) is 2.20. The Morgan fingerprint density at radius 3 is 2.26 bits per heavy atom. The predicted octanol–water partition coefficient (Wildman–Crippen LogP) is 3.46. The lowest BCUT2D eigenvalue weighted by atomic mass is 9.86. The van der Waals surface area contributed by atoms with Gasteiger partial charge in [-0.2, -0.15) is 0 Å². The first-order valence-electron chi connectivity index (χ1n) is 6.18. The third-order valence-electron chi connectivity index (χ3n) is 2.88. The van der Waals surface area contributed by atoms with E-state index in [0.29, 0.717) is 0 Å². The van der Waals surface area contributed by atoms with Crippen LogP contribution in [-0.4, -0.2) is 16.6 Å². The van der Waals surface area contributed by atoms with Gasteiger partial charge in [0.05, 0.1) is 11.4 Å². The number of carbonyl (C=O) groups excluding carboxylic acids is 1. The molecule has 98 valence electrons. The average Bonchev–Trinajstić information content (AvgIpc) is 2.33. The zero-order chi connectivity index (χ0) is 14.0. The van der Waals surface area contributed by atoms with Crippen molar-refractivity contribution >= 4 is 17.2 Å². The van der Waals surface area contributed by atoms with E-state index in [2.05, 4.69) is 4.99 Å². The molecule has 0 aliphatic heterocycles. The van der Waals surface area contributed by atoms with Gasteiger partial charge in [-0.15, -0.1) is 0 Å². The molecule has 1 aliphatic carbocycles. The van der Waals surface area contributed by atoms with E-state index in [1.54, 1.807) is 24.3 Å². The Bertz CT molecular complexity index is 584. The number of nitrogens with zero attached hydrogens (tertiary/aromatic N) is 1. The van der Waals surface area contributed by atoms with E-state index in [0.717, 1.165) is 17.0 Å². The molecule has 0 aromatic heterocycles. The second kappa shape index (κ2) is 4.84. The highest BCUT2D eigenvalue weighted by Crippen LogP contribution is 2.33. The Kier molecular flexibility index (Phi) is 3.38. The lowest BCUT2D eigenvalue weighted by Gasteiger charge is -2.20. The number of hydrogen-bond donors (Lipinski definition) is 1. The number of aliphatic imine (C=N–C) groups is 1. The molecule has 0 saturated carbocycles. The van der Waals surface area contributed by atoms with Crippen molar-refractivity contribution in [2.24, 2.45) is 4.99 Å². The van der Waals surface area contributed by atoms with Crippen molar-refractivity contribution in [2.75, 3.05) is 0 Å². The number of carbonyl (C=O) groups is 1. The fraction of sp³-hybridized carbons (Fsp3) is 0.250. The van der Waals surface area contributed by atoms with Crippen LogP contribution >= 0.6 is 0 Å². The molecule has 1 N–H and O–H groups in total. The normalized spacial score (nSPS) is 14.9. The molecule has 19 heavy (non-hydrogen) atoms. The van der Waals surface area contributed by atoms with Crippen molar-refractivity contribution < 1.29 is 9.90 Å². The van der Waals surface area contributed by atoms with Crippen LogP contribution in [0.3, 0.4) is 0 Å². The molecule has 0 fully saturated rings. The van der Waals surface area contributed by atoms with Crippen molar-refractivity contribution in [2.45, 2.75) is 26.2 Å². The first-order valence-corrected chi connectivity index (χ1v) is 6.18. The molecule has 0 saturated heterocycles. The van der Waals surface area contributed by atoms with Crippen LogP contribution in [0.25, 0.3) is 0 Å². The molecular weight excluding hydrogens is 238 g/mol. The summed E-state index contributed by atoms with van der Waals surface area (Å²) in [5, 5.41) is 9.89. The third kappa shape index (κ3) is 3.19. The molecule has 0 heterocycles. The molecule has 0 bridgehead atoms. The van der Waals surface area contributed by atoms with Gasteiger partial charge in [0.2, 0.25) is 0 Å². The molecule has 1 aromatic carbocycles. The van der Waals surface area contributed by atoms with Crippen LogP contribution in [0.15, 0.2) is 47.5 Å². The lowest BCUT2D eigenvalue weighted by Crippen LogP contribution is -2.11. The number of aromatic hydroxyl groups is 1. The molecule has 2 rings (SSSR count). The molecule has 0 spiro atoms. The molecule has 3 nitrogen and oxygen atoms in total. The second-order valence-electron chi connectivity index (χ2n) is 5.56. The van der Waals surface area contributed by atoms with Crippen LogP contribution in [0.5, 0.6) is 5.75 Å². The molecule has 3 heteroatoms. The average molecular weight is 255 g/mol. The number of allylic oxidation sites excluding steroid dienone is 4. The van der Waals surface area contributed by atoms with E-state index >= 15 is 0 Å². The summed E-state index contributed by atoms with van der Waals surface area (Å²) in [6, 6.07) is 5.29. The molecule has 0 radical (unpaired) electrons. The van der Waals surface area contributed by atoms with Gasteiger partial charge in [0.1, 0.15) is 5.75 Å². The van der Waals surface area contributed by atoms with Gasteiger partial charge in [0.25, 0.3) is 0 Å². The minimum Gasteiger partial charge on any atom is -0.508 e. The molecule has 0 unspecified atom stereocenters. The summed E-state index contributed by atoms with van der Waals surface area (Å²) in [6.07, 6.45) is 6.35. The van der Waals surface area contributed by atoms with Crippen LogP contribution in [0.1, 0.15) is 26.3 Å². The zero-order valence-corrected chi connectivity index (χ0v) is 11.3. The van der Waals surface area contributed by atoms with Gasteiger partial charge in [-0.05, 0) is 47.9 Å². The SMILES string of the molecule is CC(C)(C)c1cc(N=C2C=CC(=O)C=C2)ccc1O. The number of benzene rings is 1. The van der Waals surface area contributed by atoms with Gasteiger partial charge in [-0.3, -0.25) is 4.79 Å². The van der Waals surface area contributed by atoms with Crippen LogP contribution in [0, 0.1) is 0 Å². The lowest BCUT2D eigenvalue weighted by molar-refractivity contribution is -0.110. The van der Waals surface area contributed by atoms with E-state index < -0.39 is 0 Å². The quantitative estimate of drug-likeness (QED) is 0.781. The minimum atomic E-state index is -0.144. The zero-order valence-electron chi connectivity index (χ0n) is 11.3. The summed E-state index contributed by atoms with van der Waals surface area (Å²) in [7, 11) is 0. The highest BCUT2D eigenvalue weighted by Gasteiger charge is 2.18. The first-order chi connectivity index (χ1) is 8.86. The molecular formula is C16H17NO2. The van der Waals surface area contributed by atoms with E-state index in [1.807, 2.05) is 26.8 Å². The maximum absolute atomic E-state index is 11.0. The molecule has 1 aliphatic rings. The highest BCUT2D eigenvalue weighted by molar-refractivity contribution is 6.17. The molecule has 0 amide bonds. The van der Waals surface area contributed by atoms with E-state index in [9.17, 15) is 9.90 Å². The Morgan fingerprint density at radius 1 is 1.05 bits per heavy atom. The monoisotopic (exact) mass is 255 g/mol. The van der Waals surface area contributed by atoms with Crippen molar-refractivity contribution in [3.05, 3.63) is 48.1 Å². The summed E-state index contributed by atoms with van der Waals surface area (Å²) in [5.74, 6) is 0.251. The van der Waals surface area contributed by atoms with Crippen LogP contribution in [0.2, 0.25) is 0 Å². The van der Waals surface area contributed by atoms with Gasteiger partial charge >= 0.3 is 0 Å². The van der Waals surface area contributed by atoms with Crippen LogP contribution < -0.4 is 0 Å². The molecule has 0 atom stereocenters. The van der Waals surface area contributed by atoms with Crippen molar-refractivity contribution in [3.8, 4) is 5.75 Å². The summed E-state index contributed by atoms with van der Waals surface area (Å²) in [6.45, 7) is 6.12. The number of phenols is 1. The van der Waals surface area contributed by atoms with E-state index in [-0.39, 0.29) is 16.9 Å². The van der Waals surface area contributed by atoms with Crippen molar-refractivity contribution in [1.82, 2.24) is 0 Å².